The summed E-state index contributed by atoms with van der Waals surface area (Å²) < 4.78 is 29.3. The Hall–Kier alpha value is -1.31. The van der Waals surface area contributed by atoms with Crippen molar-refractivity contribution in [3.63, 3.8) is 0 Å². The third-order valence-electron chi connectivity index (χ3n) is 1.59. The van der Waals surface area contributed by atoms with Crippen LogP contribution >= 0.6 is 15.9 Å². The van der Waals surface area contributed by atoms with Gasteiger partial charge in [-0.3, -0.25) is 0 Å². The molecule has 1 aromatic heterocycles. The molecule has 0 saturated heterocycles. The number of pyridine rings is 1. The first-order valence-electron chi connectivity index (χ1n) is 3.64. The smallest absolute Gasteiger partial charge is 0.407 e. The van der Waals surface area contributed by atoms with Crippen LogP contribution in [0.4, 0.5) is 14.6 Å². The fourth-order valence-electron chi connectivity index (χ4n) is 0.938. The van der Waals surface area contributed by atoms with Crippen molar-refractivity contribution in [1.82, 2.24) is 4.98 Å². The molecule has 0 aliphatic heterocycles. The van der Waals surface area contributed by atoms with E-state index in [4.69, 9.17) is 0 Å². The number of nitrogens with zero attached hydrogens (tertiary/aromatic N) is 2. The molecule has 1 heterocycles. The van der Waals surface area contributed by atoms with Crippen LogP contribution in [0.1, 0.15) is 12.0 Å². The molecular formula is C7H5BrF2N2O3. The maximum Gasteiger partial charge on any atom is 0.407 e. The Kier molecular flexibility index (Phi) is 3.51. The zero-order chi connectivity index (χ0) is 11.6. The zero-order valence-electron chi connectivity index (χ0n) is 7.41. The lowest BCUT2D eigenvalue weighted by molar-refractivity contribution is -0.390. The number of rotatable bonds is 3. The van der Waals surface area contributed by atoms with Gasteiger partial charge in [-0.25, -0.2) is 8.78 Å². The van der Waals surface area contributed by atoms with Gasteiger partial charge in [0.1, 0.15) is 0 Å². The van der Waals surface area contributed by atoms with Crippen LogP contribution in [0.2, 0.25) is 0 Å². The lowest BCUT2D eigenvalue weighted by atomic mass is 10.3. The first-order valence-corrected chi connectivity index (χ1v) is 4.43. The van der Waals surface area contributed by atoms with Gasteiger partial charge >= 0.3 is 5.82 Å². The maximum absolute atomic E-state index is 12.4. The van der Waals surface area contributed by atoms with Crippen LogP contribution in [0.25, 0.3) is 0 Å². The minimum Gasteiger partial charge on any atom is -0.488 e. The van der Waals surface area contributed by atoms with E-state index in [9.17, 15) is 18.9 Å². The van der Waals surface area contributed by atoms with Gasteiger partial charge in [0.05, 0.1) is 17.1 Å². The topological polar surface area (TPSA) is 65.3 Å². The predicted molar refractivity (Wildman–Crippen MR) is 50.1 cm³/mol. The van der Waals surface area contributed by atoms with Gasteiger partial charge in [-0.15, -0.1) is 0 Å². The van der Waals surface area contributed by atoms with Crippen molar-refractivity contribution in [3.8, 4) is 5.75 Å². The molecular weight excluding hydrogens is 278 g/mol. The molecule has 0 saturated carbocycles. The van der Waals surface area contributed by atoms with Crippen molar-refractivity contribution in [3.05, 3.63) is 26.3 Å². The van der Waals surface area contributed by atoms with E-state index < -0.39 is 22.7 Å². The molecule has 0 aliphatic carbocycles. The summed E-state index contributed by atoms with van der Waals surface area (Å²) in [5.74, 6) is -0.911. The van der Waals surface area contributed by atoms with Crippen LogP contribution in [0.5, 0.6) is 5.75 Å². The highest BCUT2D eigenvalue weighted by molar-refractivity contribution is 9.10. The molecule has 0 radical (unpaired) electrons. The van der Waals surface area contributed by atoms with E-state index in [-0.39, 0.29) is 10.2 Å². The minimum atomic E-state index is -2.78. The molecule has 0 aliphatic rings. The average molecular weight is 283 g/mol. The quantitative estimate of drug-likeness (QED) is 0.632. The molecule has 0 unspecified atom stereocenters. The standard InChI is InChI=1S/C7H5BrF2N2O3/c1-15-5-4(8)3(6(9)10)2-11-7(5)12(13)14/h2,6H,1H3. The van der Waals surface area contributed by atoms with E-state index in [1.54, 1.807) is 0 Å². The molecule has 0 N–H and O–H groups in total. The molecule has 0 bridgehead atoms. The summed E-state index contributed by atoms with van der Waals surface area (Å²) in [7, 11) is 1.14. The van der Waals surface area contributed by atoms with Crippen molar-refractivity contribution in [2.75, 3.05) is 7.11 Å². The molecule has 0 amide bonds. The number of nitro groups is 1. The lowest BCUT2D eigenvalue weighted by Crippen LogP contribution is -2.00. The highest BCUT2D eigenvalue weighted by Gasteiger charge is 2.26. The van der Waals surface area contributed by atoms with E-state index in [1.807, 2.05) is 0 Å². The van der Waals surface area contributed by atoms with E-state index in [2.05, 4.69) is 25.7 Å². The number of ether oxygens (including phenoxy) is 1. The van der Waals surface area contributed by atoms with E-state index in [0.717, 1.165) is 13.3 Å². The second kappa shape index (κ2) is 4.47. The summed E-state index contributed by atoms with van der Waals surface area (Å²) in [6, 6.07) is 0. The van der Waals surface area contributed by atoms with Crippen molar-refractivity contribution < 1.29 is 18.4 Å². The summed E-state index contributed by atoms with van der Waals surface area (Å²) in [4.78, 5) is 13.0. The zero-order valence-corrected chi connectivity index (χ0v) is 8.99. The van der Waals surface area contributed by atoms with Gasteiger partial charge in [-0.05, 0) is 25.8 Å². The molecule has 5 nitrogen and oxygen atoms in total. The molecule has 0 fully saturated rings. The van der Waals surface area contributed by atoms with Crippen LogP contribution in [0, 0.1) is 10.1 Å². The van der Waals surface area contributed by atoms with E-state index >= 15 is 0 Å². The Bertz CT molecular complexity index is 400. The van der Waals surface area contributed by atoms with Gasteiger partial charge in [-0.2, -0.15) is 0 Å². The molecule has 8 heteroatoms. The number of methoxy groups -OCH3 is 1. The third-order valence-corrected chi connectivity index (χ3v) is 2.41. The summed E-state index contributed by atoms with van der Waals surface area (Å²) in [6.45, 7) is 0. The highest BCUT2D eigenvalue weighted by atomic mass is 79.9. The lowest BCUT2D eigenvalue weighted by Gasteiger charge is -2.06. The molecule has 0 aromatic carbocycles. The van der Waals surface area contributed by atoms with Crippen molar-refractivity contribution in [2.45, 2.75) is 6.43 Å². The summed E-state index contributed by atoms with van der Waals surface area (Å²) in [5.41, 5.74) is -0.447. The van der Waals surface area contributed by atoms with Gasteiger partial charge in [0.15, 0.2) is 6.20 Å². The molecule has 82 valence electrons. The highest BCUT2D eigenvalue weighted by Crippen LogP contribution is 2.38. The summed E-state index contributed by atoms with van der Waals surface area (Å²) in [6.07, 6.45) is -2.03. The SMILES string of the molecule is COc1c([N+](=O)[O-])ncc(C(F)F)c1Br. The first kappa shape index (κ1) is 11.8. The Balaban J connectivity index is 3.39. The first-order chi connectivity index (χ1) is 6.99. The van der Waals surface area contributed by atoms with Crippen molar-refractivity contribution >= 4 is 21.7 Å². The summed E-state index contributed by atoms with van der Waals surface area (Å²) in [5, 5.41) is 10.5. The number of hydrogen-bond donors (Lipinski definition) is 0. The maximum atomic E-state index is 12.4. The summed E-state index contributed by atoms with van der Waals surface area (Å²) >= 11 is 2.81. The fourth-order valence-corrected chi connectivity index (χ4v) is 1.55. The molecule has 0 spiro atoms. The number of halogens is 3. The third kappa shape index (κ3) is 2.20. The monoisotopic (exact) mass is 282 g/mol. The van der Waals surface area contributed by atoms with Gasteiger partial charge < -0.3 is 14.9 Å². The number of hydrogen-bond acceptors (Lipinski definition) is 4. The van der Waals surface area contributed by atoms with Crippen molar-refractivity contribution in [2.24, 2.45) is 0 Å². The Morgan fingerprint density at radius 1 is 1.67 bits per heavy atom. The molecule has 15 heavy (non-hydrogen) atoms. The second-order valence-electron chi connectivity index (χ2n) is 2.44. The van der Waals surface area contributed by atoms with Crippen molar-refractivity contribution in [1.29, 1.82) is 0 Å². The minimum absolute atomic E-state index is 0.151. The van der Waals surface area contributed by atoms with Crippen LogP contribution in [-0.2, 0) is 0 Å². The van der Waals surface area contributed by atoms with Gasteiger partial charge in [0.2, 0.25) is 5.75 Å². The van der Waals surface area contributed by atoms with E-state index in [1.165, 1.54) is 0 Å². The van der Waals surface area contributed by atoms with Crippen LogP contribution < -0.4 is 4.74 Å². The van der Waals surface area contributed by atoms with Crippen LogP contribution in [0.15, 0.2) is 10.7 Å². The molecule has 1 aromatic rings. The fraction of sp³-hybridized carbons (Fsp3) is 0.286. The number of alkyl halides is 2. The van der Waals surface area contributed by atoms with Gasteiger partial charge in [0.25, 0.3) is 6.43 Å². The van der Waals surface area contributed by atoms with Crippen LogP contribution in [0.3, 0.4) is 0 Å². The second-order valence-corrected chi connectivity index (χ2v) is 3.24. The Labute approximate surface area is 91.3 Å². The Morgan fingerprint density at radius 3 is 2.67 bits per heavy atom. The van der Waals surface area contributed by atoms with Gasteiger partial charge in [-0.1, -0.05) is 0 Å². The normalized spacial score (nSPS) is 10.5. The molecule has 1 rings (SSSR count). The largest absolute Gasteiger partial charge is 0.488 e. The molecule has 0 atom stereocenters. The van der Waals surface area contributed by atoms with E-state index in [0.29, 0.717) is 0 Å². The Morgan fingerprint density at radius 2 is 2.27 bits per heavy atom. The predicted octanol–water partition coefficient (Wildman–Crippen LogP) is 2.70. The van der Waals surface area contributed by atoms with Gasteiger partial charge in [0, 0.05) is 0 Å². The number of aromatic nitrogens is 1. The van der Waals surface area contributed by atoms with Crippen LogP contribution in [-0.4, -0.2) is 17.0 Å². The average Bonchev–Trinajstić information content (AvgIpc) is 2.16.